The first-order chi connectivity index (χ1) is 17.6. The summed E-state index contributed by atoms with van der Waals surface area (Å²) in [4.78, 5) is 0.914. The van der Waals surface area contributed by atoms with Gasteiger partial charge in [-0.2, -0.15) is 35.1 Å². The van der Waals surface area contributed by atoms with Crippen molar-refractivity contribution in [2.45, 2.75) is 37.5 Å². The topological polar surface area (TPSA) is 32.7 Å². The van der Waals surface area contributed by atoms with Crippen molar-refractivity contribution in [3.8, 4) is 5.75 Å². The number of hydrogen-bond donors (Lipinski definition) is 1. The average Bonchev–Trinajstić information content (AvgIpc) is 2.81. The van der Waals surface area contributed by atoms with Crippen LogP contribution in [-0.4, -0.2) is 30.1 Å². The number of ether oxygens (including phenoxy) is 1. The second-order valence-corrected chi connectivity index (χ2v) is 8.27. The lowest BCUT2D eigenvalue weighted by Crippen LogP contribution is -2.41. The highest BCUT2D eigenvalue weighted by Crippen LogP contribution is 2.44. The van der Waals surface area contributed by atoms with Crippen LogP contribution in [0.3, 0.4) is 0 Å². The van der Waals surface area contributed by atoms with Gasteiger partial charge in [-0.1, -0.05) is 24.3 Å². The molecule has 3 aromatic carbocycles. The monoisotopic (exact) mass is 555 g/mol. The molecule has 3 aromatic rings. The summed E-state index contributed by atoms with van der Waals surface area (Å²) in [7, 11) is 0. The standard InChI is InChI=1S/C25H19F10NO2/c26-18-8-16(9-19(27)10-18)14-38-21-6-2-5-20(11-21)36(13-22(37)24(30,31)32)12-15-3-1-4-17(7-15)23(28,29)25(33,34)35/h1-11,22,37H,12-14H2/t22-/m1/s1. The van der Waals surface area contributed by atoms with Crippen LogP contribution in [0.1, 0.15) is 16.7 Å². The molecule has 0 aliphatic rings. The summed E-state index contributed by atoms with van der Waals surface area (Å²) in [5.41, 5.74) is -1.50. The molecular weight excluding hydrogens is 536 g/mol. The molecule has 0 aliphatic heterocycles. The molecular formula is C25H19F10NO2. The number of rotatable bonds is 9. The molecule has 0 bridgehead atoms. The van der Waals surface area contributed by atoms with E-state index in [1.807, 2.05) is 0 Å². The van der Waals surface area contributed by atoms with E-state index in [0.717, 1.165) is 29.2 Å². The number of benzene rings is 3. The van der Waals surface area contributed by atoms with E-state index in [-0.39, 0.29) is 29.2 Å². The summed E-state index contributed by atoms with van der Waals surface area (Å²) in [5, 5.41) is 9.62. The average molecular weight is 555 g/mol. The van der Waals surface area contributed by atoms with Crippen molar-refractivity contribution >= 4 is 5.69 Å². The van der Waals surface area contributed by atoms with Gasteiger partial charge in [-0.15, -0.1) is 0 Å². The fourth-order valence-corrected chi connectivity index (χ4v) is 3.45. The smallest absolute Gasteiger partial charge is 0.458 e. The van der Waals surface area contributed by atoms with Crippen molar-refractivity contribution in [2.24, 2.45) is 0 Å². The zero-order valence-electron chi connectivity index (χ0n) is 19.1. The van der Waals surface area contributed by atoms with Gasteiger partial charge in [-0.05, 0) is 41.5 Å². The molecule has 0 spiro atoms. The van der Waals surface area contributed by atoms with Crippen LogP contribution >= 0.6 is 0 Å². The molecule has 1 N–H and O–H groups in total. The van der Waals surface area contributed by atoms with E-state index in [2.05, 4.69) is 0 Å². The Hall–Kier alpha value is -3.48. The van der Waals surface area contributed by atoms with Crippen LogP contribution < -0.4 is 9.64 Å². The van der Waals surface area contributed by atoms with E-state index in [4.69, 9.17) is 4.74 Å². The minimum absolute atomic E-state index is 0.00999. The van der Waals surface area contributed by atoms with Gasteiger partial charge in [0, 0.05) is 29.9 Å². The third-order valence-electron chi connectivity index (χ3n) is 5.30. The van der Waals surface area contributed by atoms with Crippen molar-refractivity contribution in [1.82, 2.24) is 0 Å². The lowest BCUT2D eigenvalue weighted by atomic mass is 10.0. The number of nitrogens with zero attached hydrogens (tertiary/aromatic N) is 1. The molecule has 0 aromatic heterocycles. The molecule has 206 valence electrons. The molecule has 0 heterocycles. The number of aliphatic hydroxyl groups is 1. The van der Waals surface area contributed by atoms with Crippen LogP contribution in [0, 0.1) is 11.6 Å². The first-order valence-corrected chi connectivity index (χ1v) is 10.8. The Bertz CT molecular complexity index is 1220. The van der Waals surface area contributed by atoms with Gasteiger partial charge in [0.2, 0.25) is 0 Å². The van der Waals surface area contributed by atoms with Gasteiger partial charge in [-0.25, -0.2) is 8.78 Å². The normalized spacial score (nSPS) is 13.3. The highest BCUT2D eigenvalue weighted by atomic mass is 19.4. The fourth-order valence-electron chi connectivity index (χ4n) is 3.45. The van der Waals surface area contributed by atoms with Crippen LogP contribution in [0.25, 0.3) is 0 Å². The third-order valence-corrected chi connectivity index (χ3v) is 5.30. The van der Waals surface area contributed by atoms with E-state index >= 15 is 0 Å². The van der Waals surface area contributed by atoms with Crippen LogP contribution in [0.5, 0.6) is 5.75 Å². The summed E-state index contributed by atoms with van der Waals surface area (Å²) >= 11 is 0. The van der Waals surface area contributed by atoms with Gasteiger partial charge < -0.3 is 14.7 Å². The maximum atomic E-state index is 13.8. The van der Waals surface area contributed by atoms with Gasteiger partial charge in [0.15, 0.2) is 6.10 Å². The zero-order valence-corrected chi connectivity index (χ0v) is 19.1. The van der Waals surface area contributed by atoms with Crippen molar-refractivity contribution in [3.05, 3.63) is 95.1 Å². The summed E-state index contributed by atoms with van der Waals surface area (Å²) in [5.74, 6) is -6.88. The Morgan fingerprint density at radius 2 is 1.39 bits per heavy atom. The van der Waals surface area contributed by atoms with E-state index in [0.29, 0.717) is 18.2 Å². The largest absolute Gasteiger partial charge is 0.489 e. The number of halogens is 10. The van der Waals surface area contributed by atoms with Gasteiger partial charge in [-0.3, -0.25) is 0 Å². The quantitative estimate of drug-likeness (QED) is 0.285. The third kappa shape index (κ3) is 7.30. The first kappa shape index (κ1) is 29.1. The van der Waals surface area contributed by atoms with Crippen molar-refractivity contribution in [2.75, 3.05) is 11.4 Å². The predicted octanol–water partition coefficient (Wildman–Crippen LogP) is 7.13. The maximum Gasteiger partial charge on any atom is 0.458 e. The highest BCUT2D eigenvalue weighted by Gasteiger charge is 2.58. The molecule has 3 nitrogen and oxygen atoms in total. The summed E-state index contributed by atoms with van der Waals surface area (Å²) in [6.45, 7) is -2.01. The fraction of sp³-hybridized carbons (Fsp3) is 0.280. The second-order valence-electron chi connectivity index (χ2n) is 8.27. The molecule has 0 amide bonds. The molecule has 0 saturated carbocycles. The summed E-state index contributed by atoms with van der Waals surface area (Å²) < 4.78 is 137. The molecule has 1 atom stereocenters. The molecule has 38 heavy (non-hydrogen) atoms. The summed E-state index contributed by atoms with van der Waals surface area (Å²) in [6.07, 6.45) is -13.8. The lowest BCUT2D eigenvalue weighted by molar-refractivity contribution is -0.289. The van der Waals surface area contributed by atoms with Gasteiger partial charge in [0.1, 0.15) is 24.0 Å². The molecule has 0 saturated heterocycles. The molecule has 0 fully saturated rings. The van der Waals surface area contributed by atoms with Crippen LogP contribution in [0.4, 0.5) is 49.6 Å². The molecule has 13 heteroatoms. The number of alkyl halides is 8. The first-order valence-electron chi connectivity index (χ1n) is 10.8. The van der Waals surface area contributed by atoms with Gasteiger partial charge in [0.05, 0.1) is 6.54 Å². The van der Waals surface area contributed by atoms with E-state index < -0.39 is 54.7 Å². The molecule has 0 radical (unpaired) electrons. The minimum atomic E-state index is -5.89. The Balaban J connectivity index is 1.89. The number of anilines is 1. The van der Waals surface area contributed by atoms with Crippen molar-refractivity contribution < 1.29 is 53.7 Å². The van der Waals surface area contributed by atoms with Crippen LogP contribution in [0.15, 0.2) is 66.7 Å². The zero-order chi connectivity index (χ0) is 28.3. The number of aliphatic hydroxyl groups excluding tert-OH is 1. The minimum Gasteiger partial charge on any atom is -0.489 e. The van der Waals surface area contributed by atoms with Gasteiger partial charge in [0.25, 0.3) is 0 Å². The van der Waals surface area contributed by atoms with Crippen molar-refractivity contribution in [1.29, 1.82) is 0 Å². The maximum absolute atomic E-state index is 13.8. The molecule has 3 rings (SSSR count). The number of hydrogen-bond acceptors (Lipinski definition) is 3. The van der Waals surface area contributed by atoms with Crippen molar-refractivity contribution in [3.63, 3.8) is 0 Å². The van der Waals surface area contributed by atoms with Crippen LogP contribution in [0.2, 0.25) is 0 Å². The highest BCUT2D eigenvalue weighted by molar-refractivity contribution is 5.51. The second kappa shape index (κ2) is 11.1. The lowest BCUT2D eigenvalue weighted by Gasteiger charge is -2.29. The van der Waals surface area contributed by atoms with E-state index in [1.165, 1.54) is 24.3 Å². The SMILES string of the molecule is O[C@H](CN(Cc1cccc(C(F)(F)C(F)(F)F)c1)c1cccc(OCc2cc(F)cc(F)c2)c1)C(F)(F)F. The Labute approximate surface area is 209 Å². The van der Waals surface area contributed by atoms with E-state index in [9.17, 15) is 49.0 Å². The molecule has 0 unspecified atom stereocenters. The predicted molar refractivity (Wildman–Crippen MR) is 117 cm³/mol. The Morgan fingerprint density at radius 1 is 0.763 bits per heavy atom. The summed E-state index contributed by atoms with van der Waals surface area (Å²) in [6, 6.07) is 11.0. The Morgan fingerprint density at radius 3 is 2.00 bits per heavy atom. The van der Waals surface area contributed by atoms with E-state index in [1.54, 1.807) is 0 Å². The van der Waals surface area contributed by atoms with Gasteiger partial charge >= 0.3 is 18.3 Å². The van der Waals surface area contributed by atoms with Crippen LogP contribution in [-0.2, 0) is 19.1 Å². The molecule has 0 aliphatic carbocycles. The Kier molecular flexibility index (Phi) is 8.49.